The van der Waals surface area contributed by atoms with Gasteiger partial charge in [-0.25, -0.2) is 4.98 Å². The van der Waals surface area contributed by atoms with Crippen molar-refractivity contribution >= 4 is 11.8 Å². The monoisotopic (exact) mass is 401 g/mol. The second-order valence-electron chi connectivity index (χ2n) is 8.92. The molecule has 2 fully saturated rings. The number of rotatable bonds is 6. The molecule has 0 aliphatic carbocycles. The highest BCUT2D eigenvalue weighted by Gasteiger charge is 2.28. The number of likely N-dealkylation sites (N-methyl/N-ethyl adjacent to an activating group) is 1. The number of aliphatic imine (C=N–C) groups is 1. The van der Waals surface area contributed by atoms with Gasteiger partial charge < -0.3 is 20.4 Å². The summed E-state index contributed by atoms with van der Waals surface area (Å²) >= 11 is 0. The lowest BCUT2D eigenvalue weighted by atomic mass is 9.98. The Morgan fingerprint density at radius 2 is 1.79 bits per heavy atom. The number of piperidine rings is 1. The van der Waals surface area contributed by atoms with E-state index in [9.17, 15) is 0 Å². The molecule has 0 spiro atoms. The van der Waals surface area contributed by atoms with Gasteiger partial charge in [0.1, 0.15) is 5.82 Å². The topological polar surface area (TPSA) is 59.0 Å². The first-order valence-corrected chi connectivity index (χ1v) is 11.1. The normalized spacial score (nSPS) is 20.0. The lowest BCUT2D eigenvalue weighted by molar-refractivity contribution is 0.0982. The van der Waals surface area contributed by atoms with Crippen LogP contribution >= 0.6 is 0 Å². The molecule has 0 saturated carbocycles. The Balaban J connectivity index is 1.54. The molecular formula is C22H39N7. The minimum atomic E-state index is 0.122. The molecule has 7 nitrogen and oxygen atoms in total. The fourth-order valence-corrected chi connectivity index (χ4v) is 4.18. The lowest BCUT2D eigenvalue weighted by Crippen LogP contribution is -2.54. The van der Waals surface area contributed by atoms with Crippen molar-refractivity contribution < 1.29 is 0 Å². The van der Waals surface area contributed by atoms with Crippen LogP contribution in [0.25, 0.3) is 0 Å². The summed E-state index contributed by atoms with van der Waals surface area (Å²) in [5, 5.41) is 7.03. The summed E-state index contributed by atoms with van der Waals surface area (Å²) in [5.41, 5.74) is 1.34. The average molecular weight is 402 g/mol. The predicted molar refractivity (Wildman–Crippen MR) is 122 cm³/mol. The number of anilines is 1. The maximum absolute atomic E-state index is 4.68. The Hall–Kier alpha value is -1.86. The Morgan fingerprint density at radius 1 is 1.07 bits per heavy atom. The van der Waals surface area contributed by atoms with E-state index in [1.165, 1.54) is 37.9 Å². The molecule has 1 aromatic heterocycles. The molecule has 2 aliphatic rings. The van der Waals surface area contributed by atoms with Crippen molar-refractivity contribution in [1.82, 2.24) is 25.4 Å². The second-order valence-corrected chi connectivity index (χ2v) is 8.92. The van der Waals surface area contributed by atoms with Crippen molar-refractivity contribution in [3.05, 3.63) is 23.9 Å². The van der Waals surface area contributed by atoms with Gasteiger partial charge in [-0.05, 0) is 52.9 Å². The van der Waals surface area contributed by atoms with Gasteiger partial charge in [-0.3, -0.25) is 9.89 Å². The van der Waals surface area contributed by atoms with Crippen LogP contribution in [-0.2, 0) is 6.54 Å². The minimum absolute atomic E-state index is 0.122. The van der Waals surface area contributed by atoms with Crippen LogP contribution in [0.1, 0.15) is 38.7 Å². The Labute approximate surface area is 176 Å². The number of nitrogens with zero attached hydrogens (tertiary/aromatic N) is 5. The summed E-state index contributed by atoms with van der Waals surface area (Å²) in [6, 6.07) is 4.19. The third-order valence-electron chi connectivity index (χ3n) is 6.24. The number of piperazine rings is 1. The van der Waals surface area contributed by atoms with Crippen molar-refractivity contribution in [1.29, 1.82) is 0 Å². The van der Waals surface area contributed by atoms with E-state index in [-0.39, 0.29) is 5.54 Å². The molecule has 2 saturated heterocycles. The van der Waals surface area contributed by atoms with Crippen molar-refractivity contribution in [2.75, 3.05) is 64.8 Å². The molecule has 0 unspecified atom stereocenters. The van der Waals surface area contributed by atoms with E-state index >= 15 is 0 Å². The molecule has 29 heavy (non-hydrogen) atoms. The second kappa shape index (κ2) is 10.3. The van der Waals surface area contributed by atoms with Crippen LogP contribution in [0.3, 0.4) is 0 Å². The number of nitrogens with one attached hydrogen (secondary N) is 2. The molecule has 3 heterocycles. The molecule has 2 aliphatic heterocycles. The van der Waals surface area contributed by atoms with E-state index in [1.54, 1.807) is 0 Å². The Morgan fingerprint density at radius 3 is 2.48 bits per heavy atom. The SMILES string of the molecule is CN=C(NCc1cccnc1N1CCN(C)CC1)NCC(C)(C)N1CCCCC1. The van der Waals surface area contributed by atoms with Crippen LogP contribution in [0.15, 0.2) is 23.3 Å². The van der Waals surface area contributed by atoms with Crippen LogP contribution in [0, 0.1) is 0 Å². The number of hydrogen-bond donors (Lipinski definition) is 2. The van der Waals surface area contributed by atoms with E-state index in [4.69, 9.17) is 0 Å². The maximum atomic E-state index is 4.68. The zero-order chi connectivity index (χ0) is 20.7. The third kappa shape index (κ3) is 6.06. The smallest absolute Gasteiger partial charge is 0.191 e. The highest BCUT2D eigenvalue weighted by molar-refractivity contribution is 5.79. The first kappa shape index (κ1) is 21.8. The largest absolute Gasteiger partial charge is 0.355 e. The van der Waals surface area contributed by atoms with E-state index in [1.807, 2.05) is 19.3 Å². The van der Waals surface area contributed by atoms with E-state index in [2.05, 4.69) is 62.3 Å². The van der Waals surface area contributed by atoms with E-state index < -0.39 is 0 Å². The number of hydrogen-bond acceptors (Lipinski definition) is 5. The zero-order valence-electron chi connectivity index (χ0n) is 18.7. The van der Waals surface area contributed by atoms with Crippen LogP contribution in [0.4, 0.5) is 5.82 Å². The van der Waals surface area contributed by atoms with Gasteiger partial charge in [-0.2, -0.15) is 0 Å². The van der Waals surface area contributed by atoms with Gasteiger partial charge in [0.2, 0.25) is 0 Å². The average Bonchev–Trinajstić information content (AvgIpc) is 2.75. The number of likely N-dealkylation sites (tertiary alicyclic amines) is 1. The highest BCUT2D eigenvalue weighted by atomic mass is 15.3. The molecule has 0 atom stereocenters. The molecule has 0 amide bonds. The highest BCUT2D eigenvalue weighted by Crippen LogP contribution is 2.20. The van der Waals surface area contributed by atoms with Crippen molar-refractivity contribution in [2.45, 2.75) is 45.2 Å². The van der Waals surface area contributed by atoms with Gasteiger partial charge in [-0.1, -0.05) is 12.5 Å². The van der Waals surface area contributed by atoms with Gasteiger partial charge in [-0.15, -0.1) is 0 Å². The Kier molecular flexibility index (Phi) is 7.72. The predicted octanol–water partition coefficient (Wildman–Crippen LogP) is 1.76. The summed E-state index contributed by atoms with van der Waals surface area (Å²) in [6.45, 7) is 12.9. The molecule has 1 aromatic rings. The molecule has 7 heteroatoms. The van der Waals surface area contributed by atoms with Crippen LogP contribution in [0.2, 0.25) is 0 Å². The van der Waals surface area contributed by atoms with Crippen LogP contribution in [0.5, 0.6) is 0 Å². The molecule has 3 rings (SSSR count). The van der Waals surface area contributed by atoms with Gasteiger partial charge in [0.15, 0.2) is 5.96 Å². The fourth-order valence-electron chi connectivity index (χ4n) is 4.18. The fraction of sp³-hybridized carbons (Fsp3) is 0.727. The van der Waals surface area contributed by atoms with Gasteiger partial charge in [0.25, 0.3) is 0 Å². The number of pyridine rings is 1. The van der Waals surface area contributed by atoms with Gasteiger partial charge in [0.05, 0.1) is 0 Å². The summed E-state index contributed by atoms with van der Waals surface area (Å²) in [4.78, 5) is 16.5. The molecular weight excluding hydrogens is 362 g/mol. The standard InChI is InChI=1S/C22H39N7/c1-22(2,29-11-6-5-7-12-29)18-26-21(23-3)25-17-19-9-8-10-24-20(19)28-15-13-27(4)14-16-28/h8-10H,5-7,11-18H2,1-4H3,(H2,23,25,26). The van der Waals surface area contributed by atoms with Crippen molar-refractivity contribution in [2.24, 2.45) is 4.99 Å². The van der Waals surface area contributed by atoms with Crippen molar-refractivity contribution in [3.8, 4) is 0 Å². The van der Waals surface area contributed by atoms with E-state index in [0.29, 0.717) is 0 Å². The summed E-state index contributed by atoms with van der Waals surface area (Å²) in [5.74, 6) is 1.94. The molecule has 162 valence electrons. The quantitative estimate of drug-likeness (QED) is 0.560. The number of aromatic nitrogens is 1. The van der Waals surface area contributed by atoms with Gasteiger partial charge >= 0.3 is 0 Å². The minimum Gasteiger partial charge on any atom is -0.355 e. The first-order valence-electron chi connectivity index (χ1n) is 11.1. The van der Waals surface area contributed by atoms with Gasteiger partial charge in [0, 0.05) is 63.6 Å². The summed E-state index contributed by atoms with van der Waals surface area (Å²) in [7, 11) is 4.02. The van der Waals surface area contributed by atoms with Crippen LogP contribution < -0.4 is 15.5 Å². The molecule has 0 bridgehead atoms. The zero-order valence-corrected chi connectivity index (χ0v) is 18.7. The third-order valence-corrected chi connectivity index (χ3v) is 6.24. The molecule has 0 radical (unpaired) electrons. The van der Waals surface area contributed by atoms with E-state index in [0.717, 1.165) is 51.0 Å². The first-order chi connectivity index (χ1) is 14.0. The summed E-state index contributed by atoms with van der Waals surface area (Å²) in [6.07, 6.45) is 5.88. The Bertz CT molecular complexity index is 659. The summed E-state index contributed by atoms with van der Waals surface area (Å²) < 4.78 is 0. The molecule has 2 N–H and O–H groups in total. The van der Waals surface area contributed by atoms with Crippen molar-refractivity contribution in [3.63, 3.8) is 0 Å². The van der Waals surface area contributed by atoms with Crippen LogP contribution in [-0.4, -0.2) is 86.2 Å². The molecule has 0 aromatic carbocycles. The number of guanidine groups is 1. The maximum Gasteiger partial charge on any atom is 0.191 e. The lowest BCUT2D eigenvalue weighted by Gasteiger charge is -2.41.